The third kappa shape index (κ3) is 2.95. The van der Waals surface area contributed by atoms with Crippen molar-refractivity contribution in [3.63, 3.8) is 0 Å². The zero-order chi connectivity index (χ0) is 12.0. The Labute approximate surface area is 97.7 Å². The topological polar surface area (TPSA) is 47.6 Å². The zero-order valence-electron chi connectivity index (χ0n) is 10.5. The average Bonchev–Trinajstić information content (AvgIpc) is 2.70. The number of methoxy groups -OCH3 is 1. The van der Waals surface area contributed by atoms with Gasteiger partial charge >= 0.3 is 5.97 Å². The number of hydrogen-bond donors (Lipinski definition) is 1. The standard InChI is InChI=1S/C12H23NO3/c1-4-8-16-10-6-7-12(9-10,13-5-2)11(14)15-3/h10,13H,4-9H2,1-3H3. The van der Waals surface area contributed by atoms with Crippen LogP contribution in [0.15, 0.2) is 0 Å². The van der Waals surface area contributed by atoms with E-state index in [1.807, 2.05) is 6.92 Å². The molecule has 4 nitrogen and oxygen atoms in total. The van der Waals surface area contributed by atoms with Gasteiger partial charge in [-0.05, 0) is 25.8 Å². The van der Waals surface area contributed by atoms with Gasteiger partial charge in [-0.1, -0.05) is 13.8 Å². The molecule has 2 atom stereocenters. The molecule has 4 heteroatoms. The van der Waals surface area contributed by atoms with Crippen LogP contribution in [0.3, 0.4) is 0 Å². The maximum Gasteiger partial charge on any atom is 0.326 e. The Kier molecular flexibility index (Phi) is 5.22. The van der Waals surface area contributed by atoms with Crippen LogP contribution in [-0.2, 0) is 14.3 Å². The Morgan fingerprint density at radius 3 is 2.81 bits per heavy atom. The maximum atomic E-state index is 11.8. The maximum absolute atomic E-state index is 11.8. The van der Waals surface area contributed by atoms with Gasteiger partial charge in [0.25, 0.3) is 0 Å². The molecule has 1 rings (SSSR count). The highest BCUT2D eigenvalue weighted by atomic mass is 16.5. The van der Waals surface area contributed by atoms with Gasteiger partial charge in [0.05, 0.1) is 13.2 Å². The van der Waals surface area contributed by atoms with Crippen LogP contribution in [0.2, 0.25) is 0 Å². The molecule has 0 aromatic heterocycles. The highest BCUT2D eigenvalue weighted by Crippen LogP contribution is 2.33. The summed E-state index contributed by atoms with van der Waals surface area (Å²) in [6, 6.07) is 0. The Hall–Kier alpha value is -0.610. The molecule has 0 bridgehead atoms. The molecule has 1 saturated carbocycles. The fourth-order valence-corrected chi connectivity index (χ4v) is 2.38. The van der Waals surface area contributed by atoms with E-state index in [9.17, 15) is 4.79 Å². The van der Waals surface area contributed by atoms with E-state index in [1.54, 1.807) is 0 Å². The molecule has 1 aliphatic rings. The molecule has 94 valence electrons. The van der Waals surface area contributed by atoms with E-state index in [-0.39, 0.29) is 12.1 Å². The smallest absolute Gasteiger partial charge is 0.326 e. The average molecular weight is 229 g/mol. The van der Waals surface area contributed by atoms with Gasteiger partial charge in [0.1, 0.15) is 5.54 Å². The summed E-state index contributed by atoms with van der Waals surface area (Å²) in [6.07, 6.45) is 3.68. The predicted molar refractivity (Wildman–Crippen MR) is 62.3 cm³/mol. The molecule has 0 aromatic carbocycles. The van der Waals surface area contributed by atoms with Gasteiger partial charge in [-0.2, -0.15) is 0 Å². The van der Waals surface area contributed by atoms with Crippen molar-refractivity contribution in [1.82, 2.24) is 5.32 Å². The number of nitrogens with one attached hydrogen (secondary N) is 1. The normalized spacial score (nSPS) is 29.3. The number of ether oxygens (including phenoxy) is 2. The van der Waals surface area contributed by atoms with Gasteiger partial charge in [-0.25, -0.2) is 0 Å². The SMILES string of the molecule is CCCOC1CCC(NCC)(C(=O)OC)C1. The van der Waals surface area contributed by atoms with Crippen LogP contribution in [0.5, 0.6) is 0 Å². The molecule has 0 amide bonds. The van der Waals surface area contributed by atoms with Crippen LogP contribution >= 0.6 is 0 Å². The Balaban J connectivity index is 2.57. The van der Waals surface area contributed by atoms with Crippen molar-refractivity contribution >= 4 is 5.97 Å². The number of likely N-dealkylation sites (N-methyl/N-ethyl adjacent to an activating group) is 1. The van der Waals surface area contributed by atoms with E-state index in [0.717, 1.165) is 38.8 Å². The van der Waals surface area contributed by atoms with Crippen molar-refractivity contribution < 1.29 is 14.3 Å². The van der Waals surface area contributed by atoms with E-state index in [0.29, 0.717) is 0 Å². The lowest BCUT2D eigenvalue weighted by molar-refractivity contribution is -0.148. The molecule has 0 aromatic rings. The lowest BCUT2D eigenvalue weighted by atomic mass is 9.97. The van der Waals surface area contributed by atoms with Crippen LogP contribution in [0.1, 0.15) is 39.5 Å². The second-order valence-electron chi connectivity index (χ2n) is 4.34. The Morgan fingerprint density at radius 1 is 1.50 bits per heavy atom. The van der Waals surface area contributed by atoms with Crippen molar-refractivity contribution in [2.75, 3.05) is 20.3 Å². The number of carbonyl (C=O) groups is 1. The fraction of sp³-hybridized carbons (Fsp3) is 0.917. The molecule has 1 N–H and O–H groups in total. The minimum Gasteiger partial charge on any atom is -0.468 e. The monoisotopic (exact) mass is 229 g/mol. The number of rotatable bonds is 6. The third-order valence-corrected chi connectivity index (χ3v) is 3.12. The number of esters is 1. The van der Waals surface area contributed by atoms with Gasteiger partial charge in [0.2, 0.25) is 0 Å². The Bertz CT molecular complexity index is 232. The molecule has 1 fully saturated rings. The Morgan fingerprint density at radius 2 is 2.25 bits per heavy atom. The molecule has 0 spiro atoms. The predicted octanol–water partition coefficient (Wildman–Crippen LogP) is 1.49. The van der Waals surface area contributed by atoms with Crippen LogP contribution in [0.25, 0.3) is 0 Å². The van der Waals surface area contributed by atoms with Crippen molar-refractivity contribution in [2.45, 2.75) is 51.2 Å². The van der Waals surface area contributed by atoms with Crippen molar-refractivity contribution in [2.24, 2.45) is 0 Å². The summed E-state index contributed by atoms with van der Waals surface area (Å²) in [4.78, 5) is 11.8. The van der Waals surface area contributed by atoms with Crippen molar-refractivity contribution in [1.29, 1.82) is 0 Å². The largest absolute Gasteiger partial charge is 0.468 e. The molecule has 1 aliphatic carbocycles. The summed E-state index contributed by atoms with van der Waals surface area (Å²) in [6.45, 7) is 5.64. The van der Waals surface area contributed by atoms with Gasteiger partial charge in [-0.15, -0.1) is 0 Å². The van der Waals surface area contributed by atoms with Crippen LogP contribution in [0, 0.1) is 0 Å². The highest BCUT2D eigenvalue weighted by molar-refractivity contribution is 5.81. The first kappa shape index (κ1) is 13.5. The molecule has 16 heavy (non-hydrogen) atoms. The minimum absolute atomic E-state index is 0.156. The molecule has 0 aliphatic heterocycles. The summed E-state index contributed by atoms with van der Waals surface area (Å²) in [5.74, 6) is -0.156. The summed E-state index contributed by atoms with van der Waals surface area (Å²) in [7, 11) is 1.45. The lowest BCUT2D eigenvalue weighted by Gasteiger charge is -2.27. The van der Waals surface area contributed by atoms with E-state index < -0.39 is 5.54 Å². The van der Waals surface area contributed by atoms with Crippen LogP contribution in [0.4, 0.5) is 0 Å². The first-order chi connectivity index (χ1) is 7.68. The van der Waals surface area contributed by atoms with Crippen LogP contribution < -0.4 is 5.32 Å². The third-order valence-electron chi connectivity index (χ3n) is 3.12. The fourth-order valence-electron chi connectivity index (χ4n) is 2.38. The second kappa shape index (κ2) is 6.21. The zero-order valence-corrected chi connectivity index (χ0v) is 10.5. The van der Waals surface area contributed by atoms with Gasteiger partial charge in [-0.3, -0.25) is 4.79 Å². The highest BCUT2D eigenvalue weighted by Gasteiger charge is 2.46. The first-order valence-corrected chi connectivity index (χ1v) is 6.13. The quantitative estimate of drug-likeness (QED) is 0.701. The van der Waals surface area contributed by atoms with Crippen molar-refractivity contribution in [3.05, 3.63) is 0 Å². The van der Waals surface area contributed by atoms with Gasteiger partial charge in [0, 0.05) is 13.0 Å². The first-order valence-electron chi connectivity index (χ1n) is 6.13. The van der Waals surface area contributed by atoms with Gasteiger partial charge < -0.3 is 14.8 Å². The summed E-state index contributed by atoms with van der Waals surface area (Å²) in [5.41, 5.74) is -0.512. The second-order valence-corrected chi connectivity index (χ2v) is 4.34. The molecular formula is C12H23NO3. The van der Waals surface area contributed by atoms with Gasteiger partial charge in [0.15, 0.2) is 0 Å². The lowest BCUT2D eigenvalue weighted by Crippen LogP contribution is -2.51. The summed E-state index contributed by atoms with van der Waals surface area (Å²) >= 11 is 0. The molecular weight excluding hydrogens is 206 g/mol. The van der Waals surface area contributed by atoms with E-state index in [4.69, 9.17) is 9.47 Å². The van der Waals surface area contributed by atoms with Crippen LogP contribution in [-0.4, -0.2) is 37.9 Å². The summed E-state index contributed by atoms with van der Waals surface area (Å²) in [5, 5.41) is 3.26. The molecule has 2 unspecified atom stereocenters. The van der Waals surface area contributed by atoms with Crippen molar-refractivity contribution in [3.8, 4) is 0 Å². The number of carbonyl (C=O) groups excluding carboxylic acids is 1. The molecule has 0 heterocycles. The molecule has 0 radical (unpaired) electrons. The minimum atomic E-state index is -0.512. The van der Waals surface area contributed by atoms with E-state index >= 15 is 0 Å². The summed E-state index contributed by atoms with van der Waals surface area (Å²) < 4.78 is 10.6. The van der Waals surface area contributed by atoms with E-state index in [1.165, 1.54) is 7.11 Å². The molecule has 0 saturated heterocycles. The van der Waals surface area contributed by atoms with E-state index in [2.05, 4.69) is 12.2 Å². The number of hydrogen-bond acceptors (Lipinski definition) is 4.